The molecule has 0 aliphatic heterocycles. The molecule has 0 radical (unpaired) electrons. The molecule has 2 atom stereocenters. The van der Waals surface area contributed by atoms with Gasteiger partial charge in [-0.25, -0.2) is 0 Å². The van der Waals surface area contributed by atoms with Crippen LogP contribution in [0.25, 0.3) is 0 Å². The second-order valence-corrected chi connectivity index (χ2v) is 4.89. The molecule has 2 aromatic rings. The molecule has 86 valence electrons. The summed E-state index contributed by atoms with van der Waals surface area (Å²) in [7, 11) is 1.94. The van der Waals surface area contributed by atoms with Gasteiger partial charge in [0.2, 0.25) is 0 Å². The first-order valence-corrected chi connectivity index (χ1v) is 6.38. The predicted molar refractivity (Wildman–Crippen MR) is 67.5 cm³/mol. The van der Waals surface area contributed by atoms with Crippen molar-refractivity contribution in [2.45, 2.75) is 25.9 Å². The molecule has 0 bridgehead atoms. The van der Waals surface area contributed by atoms with Crippen LogP contribution in [-0.2, 0) is 7.05 Å². The van der Waals surface area contributed by atoms with Crippen molar-refractivity contribution in [3.8, 4) is 0 Å². The first-order valence-electron chi connectivity index (χ1n) is 5.43. The van der Waals surface area contributed by atoms with Crippen LogP contribution in [-0.4, -0.2) is 9.78 Å². The van der Waals surface area contributed by atoms with Gasteiger partial charge in [-0.2, -0.15) is 16.4 Å². The zero-order valence-electron chi connectivity index (χ0n) is 9.84. The van der Waals surface area contributed by atoms with Gasteiger partial charge in [0.1, 0.15) is 0 Å². The molecule has 2 heterocycles. The maximum atomic E-state index is 4.19. The molecule has 0 aromatic carbocycles. The van der Waals surface area contributed by atoms with Crippen molar-refractivity contribution in [3.05, 3.63) is 40.3 Å². The Morgan fingerprint density at radius 2 is 2.06 bits per heavy atom. The first-order chi connectivity index (χ1) is 7.66. The summed E-state index contributed by atoms with van der Waals surface area (Å²) in [5, 5.41) is 12.1. The van der Waals surface area contributed by atoms with Crippen molar-refractivity contribution in [1.29, 1.82) is 0 Å². The number of aromatic nitrogens is 2. The standard InChI is InChI=1S/C12H17N3S/c1-9(11-4-5-16-8-11)14-10(2)12-6-13-15(3)7-12/h4-10,14H,1-3H3. The minimum absolute atomic E-state index is 0.323. The van der Waals surface area contributed by atoms with Gasteiger partial charge in [-0.05, 0) is 36.2 Å². The fourth-order valence-corrected chi connectivity index (χ4v) is 2.51. The molecule has 3 nitrogen and oxygen atoms in total. The largest absolute Gasteiger partial charge is 0.304 e. The molecule has 0 spiro atoms. The lowest BCUT2D eigenvalue weighted by Gasteiger charge is -2.18. The van der Waals surface area contributed by atoms with Gasteiger partial charge >= 0.3 is 0 Å². The van der Waals surface area contributed by atoms with E-state index in [1.54, 1.807) is 11.3 Å². The van der Waals surface area contributed by atoms with Crippen LogP contribution in [0.15, 0.2) is 29.2 Å². The Morgan fingerprint density at radius 1 is 1.31 bits per heavy atom. The normalized spacial score (nSPS) is 14.9. The van der Waals surface area contributed by atoms with Crippen molar-refractivity contribution in [1.82, 2.24) is 15.1 Å². The number of nitrogens with zero attached hydrogens (tertiary/aromatic N) is 2. The van der Waals surface area contributed by atoms with Gasteiger partial charge in [0.05, 0.1) is 6.20 Å². The average Bonchev–Trinajstić information content (AvgIpc) is 2.87. The average molecular weight is 235 g/mol. The number of aryl methyl sites for hydroxylation is 1. The van der Waals surface area contributed by atoms with E-state index in [9.17, 15) is 0 Å². The third-order valence-corrected chi connectivity index (χ3v) is 3.47. The van der Waals surface area contributed by atoms with E-state index < -0.39 is 0 Å². The Kier molecular flexibility index (Phi) is 3.41. The molecule has 2 rings (SSSR count). The fourth-order valence-electron chi connectivity index (χ4n) is 1.75. The fraction of sp³-hybridized carbons (Fsp3) is 0.417. The molecular formula is C12H17N3S. The highest BCUT2D eigenvalue weighted by atomic mass is 32.1. The van der Waals surface area contributed by atoms with Crippen molar-refractivity contribution in [2.75, 3.05) is 0 Å². The van der Waals surface area contributed by atoms with Gasteiger partial charge < -0.3 is 5.32 Å². The van der Waals surface area contributed by atoms with E-state index in [0.717, 1.165) is 0 Å². The number of nitrogens with one attached hydrogen (secondary N) is 1. The first kappa shape index (κ1) is 11.4. The zero-order chi connectivity index (χ0) is 11.5. The van der Waals surface area contributed by atoms with Crippen LogP contribution in [0.5, 0.6) is 0 Å². The SMILES string of the molecule is CC(NC(C)c1cnn(C)c1)c1ccsc1. The molecule has 0 saturated carbocycles. The summed E-state index contributed by atoms with van der Waals surface area (Å²) in [5.41, 5.74) is 2.57. The van der Waals surface area contributed by atoms with Crippen molar-refractivity contribution >= 4 is 11.3 Å². The summed E-state index contributed by atoms with van der Waals surface area (Å²) in [6, 6.07) is 2.86. The molecule has 1 N–H and O–H groups in total. The highest BCUT2D eigenvalue weighted by molar-refractivity contribution is 7.07. The smallest absolute Gasteiger partial charge is 0.0537 e. The summed E-state index contributed by atoms with van der Waals surface area (Å²) in [4.78, 5) is 0. The lowest BCUT2D eigenvalue weighted by atomic mass is 10.1. The van der Waals surface area contributed by atoms with Gasteiger partial charge in [0.25, 0.3) is 0 Å². The van der Waals surface area contributed by atoms with E-state index >= 15 is 0 Å². The molecule has 0 saturated heterocycles. The second-order valence-electron chi connectivity index (χ2n) is 4.11. The van der Waals surface area contributed by atoms with Gasteiger partial charge in [-0.3, -0.25) is 4.68 Å². The van der Waals surface area contributed by atoms with E-state index in [-0.39, 0.29) is 0 Å². The number of hydrogen-bond donors (Lipinski definition) is 1. The second kappa shape index (κ2) is 4.80. The zero-order valence-corrected chi connectivity index (χ0v) is 10.7. The van der Waals surface area contributed by atoms with Gasteiger partial charge in [-0.1, -0.05) is 0 Å². The third kappa shape index (κ3) is 2.51. The van der Waals surface area contributed by atoms with E-state index in [2.05, 4.69) is 47.3 Å². The van der Waals surface area contributed by atoms with Crippen LogP contribution in [0.4, 0.5) is 0 Å². The van der Waals surface area contributed by atoms with E-state index in [4.69, 9.17) is 0 Å². The highest BCUT2D eigenvalue weighted by Gasteiger charge is 2.12. The Bertz CT molecular complexity index is 433. The van der Waals surface area contributed by atoms with Crippen LogP contribution < -0.4 is 5.32 Å². The molecule has 2 unspecified atom stereocenters. The third-order valence-electron chi connectivity index (χ3n) is 2.77. The molecule has 0 aliphatic rings. The quantitative estimate of drug-likeness (QED) is 0.883. The molecular weight excluding hydrogens is 218 g/mol. The molecule has 0 amide bonds. The Balaban J connectivity index is 2.00. The van der Waals surface area contributed by atoms with Gasteiger partial charge in [-0.15, -0.1) is 0 Å². The lowest BCUT2D eigenvalue weighted by molar-refractivity contribution is 0.495. The van der Waals surface area contributed by atoms with Gasteiger partial charge in [0.15, 0.2) is 0 Å². The van der Waals surface area contributed by atoms with Crippen LogP contribution in [0, 0.1) is 0 Å². The summed E-state index contributed by atoms with van der Waals surface area (Å²) in [5.74, 6) is 0. The molecule has 4 heteroatoms. The summed E-state index contributed by atoms with van der Waals surface area (Å²) >= 11 is 1.74. The van der Waals surface area contributed by atoms with Crippen molar-refractivity contribution < 1.29 is 0 Å². The van der Waals surface area contributed by atoms with Crippen LogP contribution in [0.1, 0.15) is 37.1 Å². The summed E-state index contributed by atoms with van der Waals surface area (Å²) < 4.78 is 1.84. The topological polar surface area (TPSA) is 29.9 Å². The summed E-state index contributed by atoms with van der Waals surface area (Å²) in [6.07, 6.45) is 3.97. The number of rotatable bonds is 4. The monoisotopic (exact) mass is 235 g/mol. The van der Waals surface area contributed by atoms with Crippen LogP contribution in [0.2, 0.25) is 0 Å². The Hall–Kier alpha value is -1.13. The molecule has 0 fully saturated rings. The maximum absolute atomic E-state index is 4.19. The number of hydrogen-bond acceptors (Lipinski definition) is 3. The van der Waals surface area contributed by atoms with Crippen LogP contribution in [0.3, 0.4) is 0 Å². The van der Waals surface area contributed by atoms with E-state index in [1.165, 1.54) is 11.1 Å². The minimum Gasteiger partial charge on any atom is -0.304 e. The molecule has 0 aliphatic carbocycles. The van der Waals surface area contributed by atoms with Crippen LogP contribution >= 0.6 is 11.3 Å². The maximum Gasteiger partial charge on any atom is 0.0537 e. The minimum atomic E-state index is 0.323. The van der Waals surface area contributed by atoms with Crippen molar-refractivity contribution in [3.63, 3.8) is 0 Å². The lowest BCUT2D eigenvalue weighted by Crippen LogP contribution is -2.21. The predicted octanol–water partition coefficient (Wildman–Crippen LogP) is 2.89. The Labute approximate surface area is 100 Å². The van der Waals surface area contributed by atoms with Gasteiger partial charge in [0, 0.05) is 30.9 Å². The van der Waals surface area contributed by atoms with E-state index in [1.807, 2.05) is 17.9 Å². The molecule has 2 aromatic heterocycles. The van der Waals surface area contributed by atoms with E-state index in [0.29, 0.717) is 12.1 Å². The van der Waals surface area contributed by atoms with Crippen molar-refractivity contribution in [2.24, 2.45) is 7.05 Å². The Morgan fingerprint density at radius 3 is 2.62 bits per heavy atom. The highest BCUT2D eigenvalue weighted by Crippen LogP contribution is 2.20. The number of thiophene rings is 1. The summed E-state index contributed by atoms with van der Waals surface area (Å²) in [6.45, 7) is 4.36. The molecule has 16 heavy (non-hydrogen) atoms.